The SMILES string of the molecule is CSc1ccc(-c2nc3cnccn3c2Nc2cccc(C(=O)NCCN(C)C)c2)cc1. The van der Waals surface area contributed by atoms with Crippen molar-refractivity contribution in [2.45, 2.75) is 4.90 Å². The van der Waals surface area contributed by atoms with Crippen molar-refractivity contribution in [1.82, 2.24) is 24.6 Å². The highest BCUT2D eigenvalue weighted by molar-refractivity contribution is 7.98. The van der Waals surface area contributed by atoms with Crippen LogP contribution in [0.1, 0.15) is 10.4 Å². The maximum Gasteiger partial charge on any atom is 0.251 e. The smallest absolute Gasteiger partial charge is 0.251 e. The van der Waals surface area contributed by atoms with Crippen LogP contribution in [0.15, 0.2) is 72.0 Å². The Hall–Kier alpha value is -3.36. The van der Waals surface area contributed by atoms with Gasteiger partial charge in [-0.15, -0.1) is 11.8 Å². The van der Waals surface area contributed by atoms with Gasteiger partial charge in [0.1, 0.15) is 11.5 Å². The van der Waals surface area contributed by atoms with E-state index in [2.05, 4.69) is 46.1 Å². The molecular weight excluding hydrogens is 420 g/mol. The van der Waals surface area contributed by atoms with Crippen molar-refractivity contribution in [3.05, 3.63) is 72.7 Å². The molecule has 2 aromatic carbocycles. The second kappa shape index (κ2) is 9.84. The standard InChI is InChI=1S/C24H26N6OS/c1-29(2)13-12-26-24(31)18-5-4-6-19(15-18)27-23-22(17-7-9-20(32-3)10-8-17)28-21-16-25-11-14-30(21)23/h4-11,14-16,27H,12-13H2,1-3H3,(H,26,31). The van der Waals surface area contributed by atoms with Crippen LogP contribution in [0.3, 0.4) is 0 Å². The molecule has 0 aliphatic rings. The number of imidazole rings is 1. The minimum atomic E-state index is -0.0919. The Bertz CT molecular complexity index is 1220. The van der Waals surface area contributed by atoms with Crippen molar-refractivity contribution in [3.63, 3.8) is 0 Å². The molecule has 0 saturated carbocycles. The molecule has 0 radical (unpaired) electrons. The molecule has 7 nitrogen and oxygen atoms in total. The Kier molecular flexibility index (Phi) is 6.72. The molecule has 0 aliphatic carbocycles. The van der Waals surface area contributed by atoms with Crippen LogP contribution in [-0.2, 0) is 0 Å². The molecule has 8 heteroatoms. The Morgan fingerprint density at radius 2 is 1.97 bits per heavy atom. The number of carbonyl (C=O) groups excluding carboxylic acids is 1. The number of thioether (sulfide) groups is 1. The number of benzene rings is 2. The Labute approximate surface area is 191 Å². The van der Waals surface area contributed by atoms with E-state index in [0.717, 1.165) is 35.0 Å². The summed E-state index contributed by atoms with van der Waals surface area (Å²) in [6.07, 6.45) is 7.40. The average molecular weight is 447 g/mol. The average Bonchev–Trinajstić information content (AvgIpc) is 3.17. The molecule has 0 unspecified atom stereocenters. The van der Waals surface area contributed by atoms with E-state index < -0.39 is 0 Å². The lowest BCUT2D eigenvalue weighted by molar-refractivity contribution is 0.0951. The van der Waals surface area contributed by atoms with Gasteiger partial charge in [-0.1, -0.05) is 18.2 Å². The van der Waals surface area contributed by atoms with Crippen molar-refractivity contribution >= 4 is 34.8 Å². The number of amides is 1. The lowest BCUT2D eigenvalue weighted by Gasteiger charge is -2.12. The number of carbonyl (C=O) groups is 1. The van der Waals surface area contributed by atoms with Gasteiger partial charge < -0.3 is 15.5 Å². The highest BCUT2D eigenvalue weighted by Gasteiger charge is 2.15. The number of fused-ring (bicyclic) bond motifs is 1. The minimum absolute atomic E-state index is 0.0919. The summed E-state index contributed by atoms with van der Waals surface area (Å²) < 4.78 is 1.97. The zero-order valence-electron chi connectivity index (χ0n) is 18.4. The number of anilines is 2. The third-order valence-corrected chi connectivity index (χ3v) is 5.77. The first-order chi connectivity index (χ1) is 15.5. The summed E-state index contributed by atoms with van der Waals surface area (Å²) in [6.45, 7) is 1.39. The topological polar surface area (TPSA) is 74.6 Å². The minimum Gasteiger partial charge on any atom is -0.351 e. The van der Waals surface area contributed by atoms with Gasteiger partial charge in [0.25, 0.3) is 5.91 Å². The molecule has 164 valence electrons. The van der Waals surface area contributed by atoms with Crippen LogP contribution in [0.4, 0.5) is 11.5 Å². The van der Waals surface area contributed by atoms with Crippen LogP contribution in [0.2, 0.25) is 0 Å². The van der Waals surface area contributed by atoms with Crippen molar-refractivity contribution < 1.29 is 4.79 Å². The van der Waals surface area contributed by atoms with Gasteiger partial charge in [0.15, 0.2) is 5.65 Å². The van der Waals surface area contributed by atoms with Gasteiger partial charge in [-0.05, 0) is 50.7 Å². The summed E-state index contributed by atoms with van der Waals surface area (Å²) in [5, 5.41) is 6.43. The number of hydrogen-bond donors (Lipinski definition) is 2. The van der Waals surface area contributed by atoms with Crippen LogP contribution in [0.5, 0.6) is 0 Å². The molecule has 0 spiro atoms. The van der Waals surface area contributed by atoms with Crippen molar-refractivity contribution in [3.8, 4) is 11.3 Å². The Morgan fingerprint density at radius 1 is 1.16 bits per heavy atom. The van der Waals surface area contributed by atoms with Crippen LogP contribution in [0, 0.1) is 0 Å². The fraction of sp³-hybridized carbons (Fsp3) is 0.208. The monoisotopic (exact) mass is 446 g/mol. The molecule has 2 aromatic heterocycles. The quantitative estimate of drug-likeness (QED) is 0.396. The van der Waals surface area contributed by atoms with E-state index in [0.29, 0.717) is 12.1 Å². The second-order valence-corrected chi connectivity index (χ2v) is 8.49. The first-order valence-corrected chi connectivity index (χ1v) is 11.5. The highest BCUT2D eigenvalue weighted by atomic mass is 32.2. The fourth-order valence-corrected chi connectivity index (χ4v) is 3.75. The molecule has 2 N–H and O–H groups in total. The van der Waals surface area contributed by atoms with E-state index in [1.165, 1.54) is 4.90 Å². The molecular formula is C24H26N6OS. The molecule has 1 amide bonds. The first kappa shape index (κ1) is 21.9. The van der Waals surface area contributed by atoms with Gasteiger partial charge in [0, 0.05) is 47.2 Å². The summed E-state index contributed by atoms with van der Waals surface area (Å²) in [4.78, 5) is 24.8. The number of aromatic nitrogens is 3. The number of nitrogens with one attached hydrogen (secondary N) is 2. The molecule has 4 aromatic rings. The lowest BCUT2D eigenvalue weighted by Crippen LogP contribution is -2.31. The Balaban J connectivity index is 1.65. The highest BCUT2D eigenvalue weighted by Crippen LogP contribution is 2.32. The third kappa shape index (κ3) is 4.92. The second-order valence-electron chi connectivity index (χ2n) is 7.61. The summed E-state index contributed by atoms with van der Waals surface area (Å²) in [7, 11) is 3.96. The molecule has 0 atom stereocenters. The van der Waals surface area contributed by atoms with Gasteiger partial charge in [-0.25, -0.2) is 4.98 Å². The molecule has 0 aliphatic heterocycles. The number of rotatable bonds is 8. The van der Waals surface area contributed by atoms with Crippen molar-refractivity contribution in [1.29, 1.82) is 0 Å². The van der Waals surface area contributed by atoms with Gasteiger partial charge >= 0.3 is 0 Å². The maximum atomic E-state index is 12.6. The van der Waals surface area contributed by atoms with E-state index in [1.54, 1.807) is 24.2 Å². The zero-order valence-corrected chi connectivity index (χ0v) is 19.2. The lowest BCUT2D eigenvalue weighted by atomic mass is 10.1. The summed E-state index contributed by atoms with van der Waals surface area (Å²) in [5.74, 6) is 0.732. The molecule has 2 heterocycles. The molecule has 0 saturated heterocycles. The van der Waals surface area contributed by atoms with Gasteiger partial charge in [0.2, 0.25) is 0 Å². The number of likely N-dealkylation sites (N-methyl/N-ethyl adjacent to an activating group) is 1. The maximum absolute atomic E-state index is 12.6. The largest absolute Gasteiger partial charge is 0.351 e. The molecule has 4 rings (SSSR count). The van der Waals surface area contributed by atoms with Crippen LogP contribution in [0.25, 0.3) is 16.9 Å². The zero-order chi connectivity index (χ0) is 22.5. The molecule has 0 fully saturated rings. The van der Waals surface area contributed by atoms with E-state index in [-0.39, 0.29) is 5.91 Å². The van der Waals surface area contributed by atoms with Crippen LogP contribution in [-0.4, -0.2) is 58.6 Å². The fourth-order valence-electron chi connectivity index (χ4n) is 3.35. The third-order valence-electron chi connectivity index (χ3n) is 5.03. The van der Waals surface area contributed by atoms with E-state index in [1.807, 2.05) is 53.9 Å². The predicted molar refractivity (Wildman–Crippen MR) is 131 cm³/mol. The van der Waals surface area contributed by atoms with Gasteiger partial charge in [-0.2, -0.15) is 0 Å². The number of nitrogens with zero attached hydrogens (tertiary/aromatic N) is 4. The van der Waals surface area contributed by atoms with E-state index in [4.69, 9.17) is 4.98 Å². The summed E-state index contributed by atoms with van der Waals surface area (Å²) in [6, 6.07) is 15.8. The predicted octanol–water partition coefficient (Wildman–Crippen LogP) is 4.15. The van der Waals surface area contributed by atoms with Crippen LogP contribution >= 0.6 is 11.8 Å². The molecule has 0 bridgehead atoms. The van der Waals surface area contributed by atoms with Crippen molar-refractivity contribution in [2.24, 2.45) is 0 Å². The normalized spacial score (nSPS) is 11.1. The van der Waals surface area contributed by atoms with E-state index in [9.17, 15) is 4.79 Å². The summed E-state index contributed by atoms with van der Waals surface area (Å²) >= 11 is 1.70. The number of hydrogen-bond acceptors (Lipinski definition) is 6. The summed E-state index contributed by atoms with van der Waals surface area (Å²) in [5.41, 5.74) is 4.00. The first-order valence-electron chi connectivity index (χ1n) is 10.3. The van der Waals surface area contributed by atoms with E-state index >= 15 is 0 Å². The van der Waals surface area contributed by atoms with Crippen molar-refractivity contribution in [2.75, 3.05) is 38.8 Å². The van der Waals surface area contributed by atoms with Gasteiger partial charge in [0.05, 0.1) is 6.20 Å². The van der Waals surface area contributed by atoms with Crippen LogP contribution < -0.4 is 10.6 Å². The molecule has 32 heavy (non-hydrogen) atoms. The Morgan fingerprint density at radius 3 is 2.72 bits per heavy atom. The van der Waals surface area contributed by atoms with Gasteiger partial charge in [-0.3, -0.25) is 14.2 Å².